The van der Waals surface area contributed by atoms with Crippen molar-refractivity contribution in [2.45, 2.75) is 23.2 Å². The van der Waals surface area contributed by atoms with E-state index in [-0.39, 0.29) is 33.1 Å². The van der Waals surface area contributed by atoms with Crippen LogP contribution < -0.4 is 23.8 Å². The molecule has 4 aromatic rings. The van der Waals surface area contributed by atoms with Crippen molar-refractivity contribution in [3.8, 4) is 17.2 Å². The fourth-order valence-corrected chi connectivity index (χ4v) is 6.75. The number of rotatable bonds is 11. The summed E-state index contributed by atoms with van der Waals surface area (Å²) < 4.78 is 97.9. The van der Waals surface area contributed by atoms with Crippen molar-refractivity contribution in [3.05, 3.63) is 60.4 Å². The Hall–Kier alpha value is -4.02. The van der Waals surface area contributed by atoms with Crippen LogP contribution in [0.3, 0.4) is 0 Å². The molecule has 0 unspecified atom stereocenters. The predicted octanol–water partition coefficient (Wildman–Crippen LogP) is 2.83. The molecule has 2 aromatic heterocycles. The Balaban J connectivity index is 1.85. The monoisotopic (exact) mass is 597 g/mol. The summed E-state index contributed by atoms with van der Waals surface area (Å²) >= 11 is 0. The number of alkyl halides is 2. The van der Waals surface area contributed by atoms with Gasteiger partial charge >= 0.3 is 6.61 Å². The fraction of sp³-hybridized carbons (Fsp3) is 0.250. The second kappa shape index (κ2) is 11.2. The third kappa shape index (κ3) is 5.64. The lowest BCUT2D eigenvalue weighted by Gasteiger charge is -2.15. The highest BCUT2D eigenvalue weighted by Gasteiger charge is 2.32. The Bertz CT molecular complexity index is 1740. The third-order valence-corrected chi connectivity index (χ3v) is 8.82. The van der Waals surface area contributed by atoms with Gasteiger partial charge < -0.3 is 19.1 Å². The number of nitrogens with one attached hydrogen (secondary N) is 1. The summed E-state index contributed by atoms with van der Waals surface area (Å²) in [4.78, 5) is 9.65. The maximum Gasteiger partial charge on any atom is 0.387 e. The van der Waals surface area contributed by atoms with E-state index in [1.54, 1.807) is 31.1 Å². The van der Waals surface area contributed by atoms with Crippen LogP contribution in [0.1, 0.15) is 5.69 Å². The van der Waals surface area contributed by atoms with Gasteiger partial charge in [-0.05, 0) is 36.4 Å². The van der Waals surface area contributed by atoms with Crippen LogP contribution >= 0.6 is 0 Å². The summed E-state index contributed by atoms with van der Waals surface area (Å²) in [6, 6.07) is 10.5. The highest BCUT2D eigenvalue weighted by atomic mass is 32.2. The van der Waals surface area contributed by atoms with Crippen LogP contribution in [0.15, 0.2) is 64.8 Å². The molecule has 0 spiro atoms. The van der Waals surface area contributed by atoms with Crippen molar-refractivity contribution in [1.29, 1.82) is 0 Å². The topological polar surface area (TPSA) is 142 Å². The van der Waals surface area contributed by atoms with Gasteiger partial charge in [0.15, 0.2) is 11.5 Å². The first-order valence-corrected chi connectivity index (χ1v) is 14.4. The van der Waals surface area contributed by atoms with E-state index in [9.17, 15) is 25.6 Å². The highest BCUT2D eigenvalue weighted by molar-refractivity contribution is 7.92. The summed E-state index contributed by atoms with van der Waals surface area (Å²) in [5, 5.41) is -0.893. The maximum absolute atomic E-state index is 13.8. The molecule has 0 radical (unpaired) electrons. The Labute approximate surface area is 229 Å². The molecule has 12 nitrogen and oxygen atoms in total. The first kappa shape index (κ1) is 29.0. The summed E-state index contributed by atoms with van der Waals surface area (Å²) in [5.41, 5.74) is 0.486. The van der Waals surface area contributed by atoms with Crippen LogP contribution in [0.25, 0.3) is 11.0 Å². The summed E-state index contributed by atoms with van der Waals surface area (Å²) in [5.74, 6) is 0.139. The van der Waals surface area contributed by atoms with E-state index in [1.807, 2.05) is 0 Å². The van der Waals surface area contributed by atoms with E-state index in [2.05, 4.69) is 19.4 Å². The van der Waals surface area contributed by atoms with Gasteiger partial charge in [0.25, 0.3) is 25.2 Å². The molecule has 16 heteroatoms. The Morgan fingerprint density at radius 3 is 2.30 bits per heavy atom. The number of halogens is 2. The lowest BCUT2D eigenvalue weighted by Crippen LogP contribution is -2.29. The first-order valence-electron chi connectivity index (χ1n) is 11.4. The summed E-state index contributed by atoms with van der Waals surface area (Å²) in [6.45, 7) is -3.57. The number of sulfonamides is 1. The largest absolute Gasteiger partial charge is 0.493 e. The number of imidazole rings is 1. The number of pyridine rings is 1. The van der Waals surface area contributed by atoms with Gasteiger partial charge in [-0.3, -0.25) is 4.98 Å². The molecule has 1 N–H and O–H groups in total. The van der Waals surface area contributed by atoms with Crippen molar-refractivity contribution in [3.63, 3.8) is 0 Å². The zero-order valence-corrected chi connectivity index (χ0v) is 23.3. The minimum Gasteiger partial charge on any atom is -0.493 e. The minimum absolute atomic E-state index is 0.155. The second-order valence-electron chi connectivity index (χ2n) is 8.40. The molecular weight excluding hydrogens is 572 g/mol. The number of fused-ring (bicyclic) bond motifs is 1. The molecule has 4 rings (SSSR count). The molecule has 2 heterocycles. The van der Waals surface area contributed by atoms with Gasteiger partial charge in [-0.1, -0.05) is 0 Å². The average molecular weight is 598 g/mol. The molecule has 0 bridgehead atoms. The van der Waals surface area contributed by atoms with Crippen molar-refractivity contribution in [2.24, 2.45) is 0 Å². The molecule has 0 aliphatic heterocycles. The standard InChI is InChI=1S/C24H25F2N5O7S2/c1-30(2)15-5-8-17(9-6-15)40(34,35)31-20-10-7-16(38-23(25)26)13-18(20)29-24(31)39(32,33)28-14-19-22(37-4)21(36-3)11-12-27-19/h5-13,23,28H,14H2,1-4H3. The lowest BCUT2D eigenvalue weighted by molar-refractivity contribution is -0.0497. The van der Waals surface area contributed by atoms with Gasteiger partial charge in [-0.2, -0.15) is 8.78 Å². The summed E-state index contributed by atoms with van der Waals surface area (Å²) in [6.07, 6.45) is 1.38. The molecule has 0 amide bonds. The molecule has 2 aromatic carbocycles. The zero-order valence-electron chi connectivity index (χ0n) is 21.7. The van der Waals surface area contributed by atoms with Gasteiger partial charge in [-0.15, -0.1) is 0 Å². The predicted molar refractivity (Wildman–Crippen MR) is 141 cm³/mol. The van der Waals surface area contributed by atoms with E-state index in [0.29, 0.717) is 15.4 Å². The molecular formula is C24H25F2N5O7S2. The van der Waals surface area contributed by atoms with E-state index < -0.39 is 38.4 Å². The van der Waals surface area contributed by atoms with E-state index in [0.717, 1.165) is 18.2 Å². The van der Waals surface area contributed by atoms with Crippen LogP contribution in [-0.2, 0) is 26.6 Å². The van der Waals surface area contributed by atoms with E-state index in [4.69, 9.17) is 9.47 Å². The smallest absolute Gasteiger partial charge is 0.387 e. The summed E-state index contributed by atoms with van der Waals surface area (Å²) in [7, 11) is -2.91. The Morgan fingerprint density at radius 2 is 1.70 bits per heavy atom. The Morgan fingerprint density at radius 1 is 1.00 bits per heavy atom. The number of hydrogen-bond donors (Lipinski definition) is 1. The maximum atomic E-state index is 13.8. The van der Waals surface area contributed by atoms with Crippen LogP contribution in [0.5, 0.6) is 17.2 Å². The molecule has 0 saturated heterocycles. The van der Waals surface area contributed by atoms with E-state index in [1.165, 1.54) is 38.6 Å². The van der Waals surface area contributed by atoms with Crippen molar-refractivity contribution >= 4 is 36.8 Å². The molecule has 214 valence electrons. The van der Waals surface area contributed by atoms with Gasteiger partial charge in [-0.25, -0.2) is 30.5 Å². The average Bonchev–Trinajstić information content (AvgIpc) is 3.32. The first-order chi connectivity index (χ1) is 18.9. The number of benzene rings is 2. The Kier molecular flexibility index (Phi) is 8.13. The van der Waals surface area contributed by atoms with E-state index >= 15 is 0 Å². The number of methoxy groups -OCH3 is 2. The number of ether oxygens (including phenoxy) is 3. The van der Waals surface area contributed by atoms with Crippen LogP contribution in [0.4, 0.5) is 14.5 Å². The minimum atomic E-state index is -4.66. The number of aromatic nitrogens is 3. The molecule has 0 aliphatic carbocycles. The number of nitrogens with zero attached hydrogens (tertiary/aromatic N) is 4. The number of hydrogen-bond acceptors (Lipinski definition) is 10. The van der Waals surface area contributed by atoms with Gasteiger partial charge in [0.05, 0.1) is 36.7 Å². The third-order valence-electron chi connectivity index (χ3n) is 5.71. The molecule has 40 heavy (non-hydrogen) atoms. The molecule has 0 fully saturated rings. The van der Waals surface area contributed by atoms with Gasteiger partial charge in [0.2, 0.25) is 0 Å². The lowest BCUT2D eigenvalue weighted by atomic mass is 10.3. The normalized spacial score (nSPS) is 12.1. The van der Waals surface area contributed by atoms with Crippen LogP contribution in [-0.4, -0.2) is 65.7 Å². The molecule has 0 atom stereocenters. The van der Waals surface area contributed by atoms with Crippen molar-refractivity contribution in [1.82, 2.24) is 18.7 Å². The van der Waals surface area contributed by atoms with Crippen LogP contribution in [0, 0.1) is 0 Å². The van der Waals surface area contributed by atoms with Gasteiger partial charge in [0.1, 0.15) is 11.4 Å². The molecule has 0 saturated carbocycles. The SMILES string of the molecule is COc1ccnc(CNS(=O)(=O)c2nc3cc(OC(F)F)ccc3n2S(=O)(=O)c2ccc(N(C)C)cc2)c1OC. The van der Waals surface area contributed by atoms with Crippen LogP contribution in [0.2, 0.25) is 0 Å². The van der Waals surface area contributed by atoms with Gasteiger partial charge in [0, 0.05) is 38.1 Å². The van der Waals surface area contributed by atoms with Crippen molar-refractivity contribution in [2.75, 3.05) is 33.2 Å². The highest BCUT2D eigenvalue weighted by Crippen LogP contribution is 2.31. The second-order valence-corrected chi connectivity index (χ2v) is 11.8. The quantitative estimate of drug-likeness (QED) is 0.274. The fourth-order valence-electron chi connectivity index (χ4n) is 3.82. The zero-order chi connectivity index (χ0) is 29.2. The number of anilines is 1. The van der Waals surface area contributed by atoms with Crippen molar-refractivity contribution < 1.29 is 39.8 Å². The molecule has 0 aliphatic rings.